The summed E-state index contributed by atoms with van der Waals surface area (Å²) >= 11 is 0. The second kappa shape index (κ2) is 22.2. The van der Waals surface area contributed by atoms with Crippen LogP contribution in [-0.2, 0) is 14.6 Å². The molecule has 0 fully saturated rings. The maximum absolute atomic E-state index is 13.2. The molecule has 0 saturated carbocycles. The Labute approximate surface area is 228 Å². The van der Waals surface area contributed by atoms with Crippen LogP contribution < -0.4 is 0 Å². The van der Waals surface area contributed by atoms with Crippen molar-refractivity contribution in [2.75, 3.05) is 0 Å². The Hall–Kier alpha value is -1.84. The molecular weight excluding hydrogens is 460 g/mol. The maximum Gasteiger partial charge on any atom is 0.386 e. The molecule has 0 heterocycles. The molecule has 0 aromatic heterocycles. The van der Waals surface area contributed by atoms with E-state index in [1.165, 1.54) is 83.5 Å². The number of rotatable bonds is 23. The molecule has 4 heteroatoms. The van der Waals surface area contributed by atoms with Crippen LogP contribution in [0.15, 0.2) is 30.3 Å². The lowest BCUT2D eigenvalue weighted by Crippen LogP contribution is -2.33. The van der Waals surface area contributed by atoms with Gasteiger partial charge in [-0.25, -0.2) is 19.4 Å². The number of carbonyl (C=O) groups excluding carboxylic acids is 2. The van der Waals surface area contributed by atoms with Crippen molar-refractivity contribution in [3.63, 3.8) is 0 Å². The molecule has 212 valence electrons. The molecule has 0 aliphatic heterocycles. The Morgan fingerprint density at radius 2 is 0.973 bits per heavy atom. The van der Waals surface area contributed by atoms with Crippen LogP contribution in [0.25, 0.3) is 0 Å². The summed E-state index contributed by atoms with van der Waals surface area (Å²) in [5.74, 6) is -1.01. The summed E-state index contributed by atoms with van der Waals surface area (Å²) in [6.07, 6.45) is 25.2. The third-order valence-electron chi connectivity index (χ3n) is 7.83. The van der Waals surface area contributed by atoms with E-state index in [1.54, 1.807) is 24.3 Å². The summed E-state index contributed by atoms with van der Waals surface area (Å²) < 4.78 is 0. The highest BCUT2D eigenvalue weighted by atomic mass is 17.2. The standard InChI is InChI=1S/C33H56O4/c1-4-7-9-11-12-13-14-15-16-17-18-19-20-25-29-33(6-3,28-24-10-8-5-2)32(35)37-36-31(34)30-26-22-21-23-27-30/h21-23,26-27H,4-20,24-25,28-29H2,1-3H3. The van der Waals surface area contributed by atoms with Gasteiger partial charge in [-0.05, 0) is 31.4 Å². The molecule has 1 aromatic rings. The largest absolute Gasteiger partial charge is 0.386 e. The minimum atomic E-state index is -0.624. The van der Waals surface area contributed by atoms with Crippen molar-refractivity contribution in [3.8, 4) is 0 Å². The number of hydrogen-bond acceptors (Lipinski definition) is 4. The van der Waals surface area contributed by atoms with Gasteiger partial charge in [0.15, 0.2) is 0 Å². The van der Waals surface area contributed by atoms with Crippen LogP contribution in [0.4, 0.5) is 0 Å². The lowest BCUT2D eigenvalue weighted by atomic mass is 9.75. The number of unbranched alkanes of at least 4 members (excludes halogenated alkanes) is 16. The molecule has 0 saturated heterocycles. The monoisotopic (exact) mass is 516 g/mol. The third-order valence-corrected chi connectivity index (χ3v) is 7.83. The van der Waals surface area contributed by atoms with E-state index >= 15 is 0 Å². The SMILES string of the molecule is CCCCCCCCCCCCCCCCC(CC)(CCCCCC)C(=O)OOC(=O)c1ccccc1. The van der Waals surface area contributed by atoms with E-state index in [1.807, 2.05) is 6.07 Å². The van der Waals surface area contributed by atoms with E-state index < -0.39 is 11.4 Å². The molecule has 1 rings (SSSR count). The highest BCUT2D eigenvalue weighted by molar-refractivity contribution is 5.89. The van der Waals surface area contributed by atoms with E-state index in [2.05, 4.69) is 20.8 Å². The van der Waals surface area contributed by atoms with Gasteiger partial charge in [0.2, 0.25) is 0 Å². The second-order valence-corrected chi connectivity index (χ2v) is 10.9. The van der Waals surface area contributed by atoms with Gasteiger partial charge >= 0.3 is 11.9 Å². The first kappa shape index (κ1) is 33.2. The van der Waals surface area contributed by atoms with Crippen LogP contribution in [0.5, 0.6) is 0 Å². The fourth-order valence-electron chi connectivity index (χ4n) is 5.16. The first-order chi connectivity index (χ1) is 18.1. The third kappa shape index (κ3) is 15.2. The van der Waals surface area contributed by atoms with E-state index in [-0.39, 0.29) is 5.97 Å². The normalized spacial score (nSPS) is 12.7. The van der Waals surface area contributed by atoms with Crippen LogP contribution in [-0.4, -0.2) is 11.9 Å². The van der Waals surface area contributed by atoms with Gasteiger partial charge < -0.3 is 0 Å². The predicted molar refractivity (Wildman–Crippen MR) is 154 cm³/mol. The zero-order valence-corrected chi connectivity index (χ0v) is 24.4. The molecule has 0 bridgehead atoms. The smallest absolute Gasteiger partial charge is 0.247 e. The zero-order valence-electron chi connectivity index (χ0n) is 24.4. The van der Waals surface area contributed by atoms with Gasteiger partial charge in [0, 0.05) is 0 Å². The van der Waals surface area contributed by atoms with Crippen molar-refractivity contribution in [2.24, 2.45) is 5.41 Å². The van der Waals surface area contributed by atoms with Crippen molar-refractivity contribution >= 4 is 11.9 Å². The van der Waals surface area contributed by atoms with Crippen molar-refractivity contribution < 1.29 is 19.4 Å². The fourth-order valence-corrected chi connectivity index (χ4v) is 5.16. The topological polar surface area (TPSA) is 52.6 Å². The molecule has 1 atom stereocenters. The van der Waals surface area contributed by atoms with Gasteiger partial charge in [0.05, 0.1) is 11.0 Å². The number of carbonyl (C=O) groups is 2. The summed E-state index contributed by atoms with van der Waals surface area (Å²) in [4.78, 5) is 35.5. The quantitative estimate of drug-likeness (QED) is 0.0824. The van der Waals surface area contributed by atoms with E-state index in [4.69, 9.17) is 9.78 Å². The highest BCUT2D eigenvalue weighted by Crippen LogP contribution is 2.37. The Kier molecular flexibility index (Phi) is 19.9. The van der Waals surface area contributed by atoms with Crippen molar-refractivity contribution in [1.29, 1.82) is 0 Å². The van der Waals surface area contributed by atoms with Crippen molar-refractivity contribution in [1.82, 2.24) is 0 Å². The molecule has 0 radical (unpaired) electrons. The summed E-state index contributed by atoms with van der Waals surface area (Å²) in [6, 6.07) is 8.67. The Bertz CT molecular complexity index is 687. The van der Waals surface area contributed by atoms with Crippen LogP contribution in [0.1, 0.15) is 166 Å². The molecular formula is C33H56O4. The summed E-state index contributed by atoms with van der Waals surface area (Å²) in [5, 5.41) is 0. The minimum absolute atomic E-state index is 0.382. The van der Waals surface area contributed by atoms with Crippen LogP contribution in [0, 0.1) is 5.41 Å². The van der Waals surface area contributed by atoms with Gasteiger partial charge in [0.25, 0.3) is 0 Å². The van der Waals surface area contributed by atoms with Crippen LogP contribution in [0.2, 0.25) is 0 Å². The zero-order chi connectivity index (χ0) is 27.0. The summed E-state index contributed by atoms with van der Waals surface area (Å²) in [5.41, 5.74) is -0.186. The molecule has 0 N–H and O–H groups in total. The van der Waals surface area contributed by atoms with Crippen molar-refractivity contribution in [3.05, 3.63) is 35.9 Å². The van der Waals surface area contributed by atoms with Crippen molar-refractivity contribution in [2.45, 2.75) is 156 Å². The summed E-state index contributed by atoms with van der Waals surface area (Å²) in [7, 11) is 0. The average Bonchev–Trinajstić information content (AvgIpc) is 2.93. The van der Waals surface area contributed by atoms with E-state index in [9.17, 15) is 9.59 Å². The number of hydrogen-bond donors (Lipinski definition) is 0. The molecule has 0 spiro atoms. The maximum atomic E-state index is 13.2. The molecule has 4 nitrogen and oxygen atoms in total. The molecule has 0 aliphatic rings. The molecule has 37 heavy (non-hydrogen) atoms. The lowest BCUT2D eigenvalue weighted by molar-refractivity contribution is -0.245. The molecule has 1 unspecified atom stereocenters. The van der Waals surface area contributed by atoms with Crippen LogP contribution >= 0.6 is 0 Å². The average molecular weight is 517 g/mol. The Morgan fingerprint density at radius 1 is 0.568 bits per heavy atom. The number of benzene rings is 1. The Balaban J connectivity index is 2.35. The van der Waals surface area contributed by atoms with E-state index in [0.717, 1.165) is 44.9 Å². The second-order valence-electron chi connectivity index (χ2n) is 10.9. The first-order valence-electron chi connectivity index (χ1n) is 15.6. The van der Waals surface area contributed by atoms with Crippen LogP contribution in [0.3, 0.4) is 0 Å². The molecule has 0 aliphatic carbocycles. The predicted octanol–water partition coefficient (Wildman–Crippen LogP) is 10.5. The first-order valence-corrected chi connectivity index (χ1v) is 15.6. The molecule has 1 aromatic carbocycles. The highest BCUT2D eigenvalue weighted by Gasteiger charge is 2.39. The Morgan fingerprint density at radius 3 is 1.41 bits per heavy atom. The molecule has 0 amide bonds. The van der Waals surface area contributed by atoms with Gasteiger partial charge in [-0.2, -0.15) is 0 Å². The van der Waals surface area contributed by atoms with Gasteiger partial charge in [-0.1, -0.05) is 155 Å². The lowest BCUT2D eigenvalue weighted by Gasteiger charge is -2.29. The van der Waals surface area contributed by atoms with Gasteiger partial charge in [0.1, 0.15) is 0 Å². The summed E-state index contributed by atoms with van der Waals surface area (Å²) in [6.45, 7) is 6.53. The van der Waals surface area contributed by atoms with E-state index in [0.29, 0.717) is 12.0 Å². The van der Waals surface area contributed by atoms with Gasteiger partial charge in [-0.15, -0.1) is 0 Å². The van der Waals surface area contributed by atoms with Gasteiger partial charge in [-0.3, -0.25) is 0 Å². The fraction of sp³-hybridized carbons (Fsp3) is 0.758. The minimum Gasteiger partial charge on any atom is -0.247 e.